The number of ether oxygens (including phenoxy) is 1. The molecule has 2 aromatic carbocycles. The van der Waals surface area contributed by atoms with Gasteiger partial charge in [0, 0.05) is 28.5 Å². The van der Waals surface area contributed by atoms with Gasteiger partial charge in [-0.2, -0.15) is 9.61 Å². The summed E-state index contributed by atoms with van der Waals surface area (Å²) in [6.45, 7) is 0. The molecule has 0 aliphatic rings. The maximum absolute atomic E-state index is 13.1. The van der Waals surface area contributed by atoms with Gasteiger partial charge in [-0.25, -0.2) is 4.79 Å². The van der Waals surface area contributed by atoms with Crippen molar-refractivity contribution in [3.8, 4) is 11.1 Å². The molecule has 0 spiro atoms. The van der Waals surface area contributed by atoms with E-state index in [0.29, 0.717) is 16.3 Å². The number of carbonyl (C=O) groups is 1. The van der Waals surface area contributed by atoms with Crippen LogP contribution >= 0.6 is 0 Å². The highest BCUT2D eigenvalue weighted by atomic mass is 16.6. The van der Waals surface area contributed by atoms with Crippen LogP contribution in [0.3, 0.4) is 0 Å². The summed E-state index contributed by atoms with van der Waals surface area (Å²) in [4.78, 5) is 36.2. The Balaban J connectivity index is 2.19. The minimum Gasteiger partial charge on any atom is -0.465 e. The fraction of sp³-hybridized carbons (Fsp3) is 0.0500. The second-order valence-corrected chi connectivity index (χ2v) is 6.07. The summed E-state index contributed by atoms with van der Waals surface area (Å²) in [6, 6.07) is 14.5. The van der Waals surface area contributed by atoms with Gasteiger partial charge in [-0.15, -0.1) is 0 Å². The lowest BCUT2D eigenvalue weighted by atomic mass is 10.0. The van der Waals surface area contributed by atoms with Gasteiger partial charge in [-0.3, -0.25) is 14.9 Å². The lowest BCUT2D eigenvalue weighted by Gasteiger charge is -2.11. The third-order valence-corrected chi connectivity index (χ3v) is 4.48. The third-order valence-electron chi connectivity index (χ3n) is 4.48. The van der Waals surface area contributed by atoms with Crippen molar-refractivity contribution in [3.05, 3.63) is 86.8 Å². The molecular weight excluding hydrogens is 362 g/mol. The van der Waals surface area contributed by atoms with Crippen molar-refractivity contribution in [1.29, 1.82) is 0 Å². The van der Waals surface area contributed by atoms with E-state index in [0.717, 1.165) is 4.52 Å². The van der Waals surface area contributed by atoms with Gasteiger partial charge in [0.25, 0.3) is 11.2 Å². The second-order valence-electron chi connectivity index (χ2n) is 6.07. The van der Waals surface area contributed by atoms with Crippen molar-refractivity contribution in [3.63, 3.8) is 0 Å². The normalized spacial score (nSPS) is 10.9. The molecule has 0 fully saturated rings. The van der Waals surface area contributed by atoms with Crippen LogP contribution in [0.5, 0.6) is 0 Å². The predicted octanol–water partition coefficient (Wildman–Crippen LogP) is 3.21. The van der Waals surface area contributed by atoms with E-state index in [1.807, 2.05) is 6.07 Å². The summed E-state index contributed by atoms with van der Waals surface area (Å²) >= 11 is 0. The predicted molar refractivity (Wildman–Crippen MR) is 102 cm³/mol. The zero-order chi connectivity index (χ0) is 19.8. The fourth-order valence-corrected chi connectivity index (χ4v) is 3.16. The molecule has 0 amide bonds. The van der Waals surface area contributed by atoms with Crippen molar-refractivity contribution >= 4 is 27.9 Å². The number of non-ortho nitro benzene ring substituents is 1. The molecular formula is C20H13N3O5. The highest BCUT2D eigenvalue weighted by Crippen LogP contribution is 2.28. The second kappa shape index (κ2) is 6.58. The Labute approximate surface area is 157 Å². The van der Waals surface area contributed by atoms with E-state index < -0.39 is 16.5 Å². The minimum atomic E-state index is -0.671. The number of esters is 1. The van der Waals surface area contributed by atoms with Gasteiger partial charge in [-0.05, 0) is 17.7 Å². The number of rotatable bonds is 3. The topological polar surface area (TPSA) is 104 Å². The molecule has 0 bridgehead atoms. The number of methoxy groups -OCH3 is 1. The van der Waals surface area contributed by atoms with Crippen LogP contribution in [0.25, 0.3) is 27.4 Å². The molecule has 2 heterocycles. The highest BCUT2D eigenvalue weighted by molar-refractivity contribution is 6.08. The third kappa shape index (κ3) is 2.67. The maximum atomic E-state index is 13.1. The van der Waals surface area contributed by atoms with Crippen molar-refractivity contribution in [2.75, 3.05) is 7.11 Å². The quantitative estimate of drug-likeness (QED) is 0.236. The van der Waals surface area contributed by atoms with E-state index >= 15 is 0 Å². The molecule has 4 aromatic rings. The van der Waals surface area contributed by atoms with Crippen LogP contribution in [-0.4, -0.2) is 27.6 Å². The van der Waals surface area contributed by atoms with E-state index in [2.05, 4.69) is 5.10 Å². The zero-order valence-electron chi connectivity index (χ0n) is 14.7. The highest BCUT2D eigenvalue weighted by Gasteiger charge is 2.20. The molecule has 0 atom stereocenters. The van der Waals surface area contributed by atoms with Crippen LogP contribution in [0.4, 0.5) is 5.69 Å². The largest absolute Gasteiger partial charge is 0.465 e. The number of benzene rings is 2. The zero-order valence-corrected chi connectivity index (χ0v) is 14.7. The van der Waals surface area contributed by atoms with E-state index in [-0.39, 0.29) is 22.3 Å². The number of nitro groups is 1. The summed E-state index contributed by atoms with van der Waals surface area (Å²) in [7, 11) is 1.23. The molecule has 0 aliphatic carbocycles. The molecule has 0 saturated carbocycles. The first-order chi connectivity index (χ1) is 13.5. The Bertz CT molecular complexity index is 1310. The van der Waals surface area contributed by atoms with Crippen LogP contribution in [0.15, 0.2) is 65.6 Å². The lowest BCUT2D eigenvalue weighted by Crippen LogP contribution is -2.21. The summed E-state index contributed by atoms with van der Waals surface area (Å²) < 4.78 is 5.97. The number of fused-ring (bicyclic) bond motifs is 3. The van der Waals surface area contributed by atoms with Crippen LogP contribution in [0.2, 0.25) is 0 Å². The first-order valence-electron chi connectivity index (χ1n) is 8.28. The number of nitro benzene ring substituents is 1. The van der Waals surface area contributed by atoms with Gasteiger partial charge in [0.1, 0.15) is 0 Å². The van der Waals surface area contributed by atoms with Crippen molar-refractivity contribution in [1.82, 2.24) is 9.61 Å². The monoisotopic (exact) mass is 375 g/mol. The van der Waals surface area contributed by atoms with Gasteiger partial charge in [0.2, 0.25) is 0 Å². The summed E-state index contributed by atoms with van der Waals surface area (Å²) in [5, 5.41) is 16.3. The molecule has 0 aliphatic heterocycles. The summed E-state index contributed by atoms with van der Waals surface area (Å²) in [6.07, 6.45) is 1.43. The molecule has 0 N–H and O–H groups in total. The van der Waals surface area contributed by atoms with Crippen molar-refractivity contribution in [2.45, 2.75) is 0 Å². The van der Waals surface area contributed by atoms with Crippen LogP contribution in [0.1, 0.15) is 10.4 Å². The number of hydrogen-bond acceptors (Lipinski definition) is 6. The summed E-state index contributed by atoms with van der Waals surface area (Å²) in [5.74, 6) is -0.671. The van der Waals surface area contributed by atoms with E-state index in [1.165, 1.54) is 37.6 Å². The van der Waals surface area contributed by atoms with Crippen molar-refractivity contribution in [2.24, 2.45) is 0 Å². The Kier molecular flexibility index (Phi) is 4.08. The Morgan fingerprint density at radius 3 is 2.57 bits per heavy atom. The van der Waals surface area contributed by atoms with Gasteiger partial charge >= 0.3 is 5.97 Å². The SMILES string of the molecule is COC(=O)c1cc(-c2ccccc2)c(=O)n2ncc3ccc([N+](=O)[O-])cc3c12. The standard InChI is InChI=1S/C20H13N3O5/c1-28-20(25)17-10-16(12-5-3-2-4-6-12)19(24)22-18(17)15-9-14(23(26)27)8-7-13(15)11-21-22/h2-11H,1H3. The Morgan fingerprint density at radius 2 is 1.89 bits per heavy atom. The van der Waals surface area contributed by atoms with Gasteiger partial charge < -0.3 is 4.74 Å². The van der Waals surface area contributed by atoms with Crippen LogP contribution in [0, 0.1) is 10.1 Å². The molecule has 8 heteroatoms. The first-order valence-corrected chi connectivity index (χ1v) is 8.28. The first kappa shape index (κ1) is 17.3. The Morgan fingerprint density at radius 1 is 1.14 bits per heavy atom. The maximum Gasteiger partial charge on any atom is 0.340 e. The molecule has 2 aromatic heterocycles. The molecule has 4 rings (SSSR count). The number of carbonyl (C=O) groups excluding carboxylic acids is 1. The fourth-order valence-electron chi connectivity index (χ4n) is 3.16. The van der Waals surface area contributed by atoms with Gasteiger partial charge in [0.15, 0.2) is 0 Å². The van der Waals surface area contributed by atoms with Gasteiger partial charge in [-0.1, -0.05) is 30.3 Å². The molecule has 138 valence electrons. The number of hydrogen-bond donors (Lipinski definition) is 0. The number of aromatic nitrogens is 2. The molecule has 28 heavy (non-hydrogen) atoms. The van der Waals surface area contributed by atoms with E-state index in [4.69, 9.17) is 4.74 Å². The van der Waals surface area contributed by atoms with Crippen molar-refractivity contribution < 1.29 is 14.5 Å². The molecule has 0 radical (unpaired) electrons. The van der Waals surface area contributed by atoms with Crippen LogP contribution in [-0.2, 0) is 4.74 Å². The average molecular weight is 375 g/mol. The number of nitrogens with zero attached hydrogens (tertiary/aromatic N) is 3. The van der Waals surface area contributed by atoms with E-state index in [9.17, 15) is 19.7 Å². The van der Waals surface area contributed by atoms with E-state index in [1.54, 1.807) is 24.3 Å². The minimum absolute atomic E-state index is 0.0968. The Hall–Kier alpha value is -4.07. The number of pyridine rings is 1. The molecule has 0 unspecified atom stereocenters. The molecule has 0 saturated heterocycles. The molecule has 8 nitrogen and oxygen atoms in total. The van der Waals surface area contributed by atoms with Gasteiger partial charge in [0.05, 0.1) is 29.3 Å². The lowest BCUT2D eigenvalue weighted by molar-refractivity contribution is -0.384. The summed E-state index contributed by atoms with van der Waals surface area (Å²) in [5.41, 5.74) is 0.555. The smallest absolute Gasteiger partial charge is 0.340 e. The van der Waals surface area contributed by atoms with Crippen LogP contribution < -0.4 is 5.56 Å². The average Bonchev–Trinajstić information content (AvgIpc) is 2.73.